The first-order valence-electron chi connectivity index (χ1n) is 4.75. The van der Waals surface area contributed by atoms with E-state index in [1.165, 1.54) is 13.0 Å². The zero-order chi connectivity index (χ0) is 8.97. The minimum atomic E-state index is 0.375. The number of halogens is 1. The summed E-state index contributed by atoms with van der Waals surface area (Å²) in [5.74, 6) is 0.705. The lowest BCUT2D eigenvalue weighted by molar-refractivity contribution is 0.356. The van der Waals surface area contributed by atoms with Gasteiger partial charge < -0.3 is 0 Å². The zero-order valence-corrected chi connectivity index (χ0v) is 8.72. The Balaban J connectivity index is 2.32. The molecule has 1 aliphatic rings. The first-order chi connectivity index (χ1) is 5.77. The molecular weight excluding hydrogens is 170 g/mol. The van der Waals surface area contributed by atoms with E-state index in [2.05, 4.69) is 30.9 Å². The molecule has 1 saturated heterocycles. The quantitative estimate of drug-likeness (QED) is 0.485. The van der Waals surface area contributed by atoms with Crippen LogP contribution in [-0.2, 0) is 0 Å². The molecule has 12 heavy (non-hydrogen) atoms. The zero-order valence-electron chi connectivity index (χ0n) is 7.96. The summed E-state index contributed by atoms with van der Waals surface area (Å²) in [6.45, 7) is 7.58. The van der Waals surface area contributed by atoms with Gasteiger partial charge in [0.2, 0.25) is 0 Å². The van der Waals surface area contributed by atoms with Gasteiger partial charge in [0.25, 0.3) is 0 Å². The number of likely N-dealkylation sites (tertiary alicyclic amines) is 1. The fraction of sp³-hybridized carbons (Fsp3) is 0.800. The van der Waals surface area contributed by atoms with Gasteiger partial charge in [0.15, 0.2) is 0 Å². The third-order valence-corrected chi connectivity index (χ3v) is 3.05. The van der Waals surface area contributed by atoms with Crippen LogP contribution in [0.1, 0.15) is 20.3 Å². The highest BCUT2D eigenvalue weighted by molar-refractivity contribution is 6.21. The molecule has 1 rings (SSSR count). The molecule has 1 heterocycles. The van der Waals surface area contributed by atoms with Crippen molar-refractivity contribution in [2.24, 2.45) is 5.92 Å². The number of alkyl halides is 1. The summed E-state index contributed by atoms with van der Waals surface area (Å²) in [5.41, 5.74) is 0. The minimum absolute atomic E-state index is 0.375. The van der Waals surface area contributed by atoms with Crippen LogP contribution in [0.2, 0.25) is 0 Å². The van der Waals surface area contributed by atoms with E-state index >= 15 is 0 Å². The van der Waals surface area contributed by atoms with Gasteiger partial charge in [-0.2, -0.15) is 0 Å². The maximum absolute atomic E-state index is 6.19. The first kappa shape index (κ1) is 10.1. The third-order valence-electron chi connectivity index (χ3n) is 2.56. The number of allylic oxidation sites excluding steroid dienone is 1. The number of hydrogen-bond donors (Lipinski definition) is 0. The van der Waals surface area contributed by atoms with Crippen LogP contribution < -0.4 is 0 Å². The average Bonchev–Trinajstić information content (AvgIpc) is 2.43. The normalized spacial score (nSPS) is 31.9. The highest BCUT2D eigenvalue weighted by Crippen LogP contribution is 2.24. The summed E-state index contributed by atoms with van der Waals surface area (Å²) < 4.78 is 0. The molecule has 0 spiro atoms. The van der Waals surface area contributed by atoms with E-state index in [9.17, 15) is 0 Å². The van der Waals surface area contributed by atoms with Crippen molar-refractivity contribution >= 4 is 11.6 Å². The summed E-state index contributed by atoms with van der Waals surface area (Å²) in [6, 6.07) is 0. The Bertz CT molecular complexity index is 156. The van der Waals surface area contributed by atoms with Gasteiger partial charge in [-0.25, -0.2) is 0 Å². The van der Waals surface area contributed by atoms with Crippen LogP contribution in [0, 0.1) is 5.92 Å². The molecule has 0 aromatic heterocycles. The van der Waals surface area contributed by atoms with Crippen molar-refractivity contribution in [1.82, 2.24) is 4.90 Å². The smallest absolute Gasteiger partial charge is 0.0503 e. The van der Waals surface area contributed by atoms with Crippen LogP contribution in [0.15, 0.2) is 12.2 Å². The van der Waals surface area contributed by atoms with Crippen molar-refractivity contribution in [1.29, 1.82) is 0 Å². The lowest BCUT2D eigenvalue weighted by atomic mass is 10.1. The summed E-state index contributed by atoms with van der Waals surface area (Å²) in [7, 11) is 0. The minimum Gasteiger partial charge on any atom is -0.298 e. The molecule has 2 unspecified atom stereocenters. The van der Waals surface area contributed by atoms with Crippen molar-refractivity contribution in [2.45, 2.75) is 25.6 Å². The lowest BCUT2D eigenvalue weighted by Gasteiger charge is -2.11. The average molecular weight is 188 g/mol. The van der Waals surface area contributed by atoms with Crippen LogP contribution >= 0.6 is 11.6 Å². The molecule has 0 aromatic rings. The highest BCUT2D eigenvalue weighted by Gasteiger charge is 2.28. The molecule has 0 aliphatic carbocycles. The summed E-state index contributed by atoms with van der Waals surface area (Å²) >= 11 is 6.19. The van der Waals surface area contributed by atoms with Crippen molar-refractivity contribution < 1.29 is 0 Å². The summed E-state index contributed by atoms with van der Waals surface area (Å²) in [4.78, 5) is 2.42. The monoisotopic (exact) mass is 187 g/mol. The summed E-state index contributed by atoms with van der Waals surface area (Å²) in [5, 5.41) is 0.375. The predicted octanol–water partition coefficient (Wildman–Crippen LogP) is 2.51. The molecule has 0 aromatic carbocycles. The van der Waals surface area contributed by atoms with Gasteiger partial charge in [0, 0.05) is 19.6 Å². The van der Waals surface area contributed by atoms with Crippen molar-refractivity contribution in [3.05, 3.63) is 12.2 Å². The third kappa shape index (κ3) is 2.49. The highest BCUT2D eigenvalue weighted by atomic mass is 35.5. The Kier molecular flexibility index (Phi) is 4.10. The van der Waals surface area contributed by atoms with Gasteiger partial charge in [-0.05, 0) is 12.8 Å². The van der Waals surface area contributed by atoms with Gasteiger partial charge in [-0.1, -0.05) is 25.5 Å². The molecule has 1 fully saturated rings. The topological polar surface area (TPSA) is 3.24 Å². The molecule has 70 valence electrons. The number of rotatable bonds is 3. The molecule has 0 saturated carbocycles. The molecule has 2 atom stereocenters. The standard InChI is InChI=1S/C10H18ClN/c1-3-5-6-12-7-9(4-2)10(11)8-12/h3,5,9-10H,4,6-8H2,1-2H3/b5-3+. The maximum Gasteiger partial charge on any atom is 0.0503 e. The number of nitrogens with zero attached hydrogens (tertiary/aromatic N) is 1. The van der Waals surface area contributed by atoms with Crippen molar-refractivity contribution in [2.75, 3.05) is 19.6 Å². The van der Waals surface area contributed by atoms with Gasteiger partial charge in [0.05, 0.1) is 5.38 Å². The van der Waals surface area contributed by atoms with Crippen molar-refractivity contribution in [3.63, 3.8) is 0 Å². The van der Waals surface area contributed by atoms with Gasteiger partial charge in [-0.15, -0.1) is 11.6 Å². The fourth-order valence-electron chi connectivity index (χ4n) is 1.70. The largest absolute Gasteiger partial charge is 0.298 e. The van der Waals surface area contributed by atoms with E-state index in [1.807, 2.05) is 0 Å². The molecule has 0 radical (unpaired) electrons. The Labute approximate surface area is 80.4 Å². The SMILES string of the molecule is C/C=C/CN1CC(Cl)C(CC)C1. The second kappa shape index (κ2) is 4.88. The van der Waals surface area contributed by atoms with Crippen LogP contribution in [-0.4, -0.2) is 29.9 Å². The Morgan fingerprint density at radius 2 is 2.25 bits per heavy atom. The van der Waals surface area contributed by atoms with Gasteiger partial charge in [0.1, 0.15) is 0 Å². The van der Waals surface area contributed by atoms with Crippen molar-refractivity contribution in [3.8, 4) is 0 Å². The van der Waals surface area contributed by atoms with Gasteiger partial charge in [-0.3, -0.25) is 4.90 Å². The summed E-state index contributed by atoms with van der Waals surface area (Å²) in [6.07, 6.45) is 5.50. The van der Waals surface area contributed by atoms with E-state index in [4.69, 9.17) is 11.6 Å². The first-order valence-corrected chi connectivity index (χ1v) is 5.19. The Morgan fingerprint density at radius 1 is 1.50 bits per heavy atom. The predicted molar refractivity (Wildman–Crippen MR) is 54.7 cm³/mol. The number of hydrogen-bond acceptors (Lipinski definition) is 1. The molecule has 0 bridgehead atoms. The molecule has 1 nitrogen and oxygen atoms in total. The maximum atomic E-state index is 6.19. The van der Waals surface area contributed by atoms with E-state index < -0.39 is 0 Å². The molecule has 1 aliphatic heterocycles. The lowest BCUT2D eigenvalue weighted by Crippen LogP contribution is -2.20. The fourth-order valence-corrected chi connectivity index (χ4v) is 2.16. The second-order valence-electron chi connectivity index (χ2n) is 3.47. The Hall–Kier alpha value is -0.0100. The Morgan fingerprint density at radius 3 is 2.75 bits per heavy atom. The van der Waals surface area contributed by atoms with E-state index in [1.54, 1.807) is 0 Å². The molecule has 0 amide bonds. The van der Waals surface area contributed by atoms with Crippen LogP contribution in [0.5, 0.6) is 0 Å². The van der Waals surface area contributed by atoms with Gasteiger partial charge >= 0.3 is 0 Å². The molecular formula is C10H18ClN. The van der Waals surface area contributed by atoms with Crippen LogP contribution in [0.3, 0.4) is 0 Å². The molecule has 0 N–H and O–H groups in total. The van der Waals surface area contributed by atoms with E-state index in [-0.39, 0.29) is 0 Å². The van der Waals surface area contributed by atoms with Crippen LogP contribution in [0.4, 0.5) is 0 Å². The second-order valence-corrected chi connectivity index (χ2v) is 4.03. The van der Waals surface area contributed by atoms with E-state index in [0.717, 1.165) is 13.1 Å². The van der Waals surface area contributed by atoms with Crippen LogP contribution in [0.25, 0.3) is 0 Å². The molecule has 2 heteroatoms. The van der Waals surface area contributed by atoms with E-state index in [0.29, 0.717) is 11.3 Å².